The molecule has 0 N–H and O–H groups in total. The van der Waals surface area contributed by atoms with Crippen molar-refractivity contribution in [3.8, 4) is 5.75 Å². The second kappa shape index (κ2) is 7.01. The highest BCUT2D eigenvalue weighted by atomic mass is 16.5. The molecule has 1 spiro atoms. The first-order chi connectivity index (χ1) is 13.5. The van der Waals surface area contributed by atoms with Crippen LogP contribution in [-0.2, 0) is 14.9 Å². The number of ether oxygens (including phenoxy) is 2. The Hall–Kier alpha value is -2.75. The molecule has 146 valence electrons. The molecule has 4 rings (SSSR count). The highest BCUT2D eigenvalue weighted by molar-refractivity contribution is 5.73. The number of benzene rings is 2. The summed E-state index contributed by atoms with van der Waals surface area (Å²) in [6.45, 7) is 7.44. The van der Waals surface area contributed by atoms with E-state index in [-0.39, 0.29) is 11.4 Å². The van der Waals surface area contributed by atoms with Gasteiger partial charge in [0.05, 0.1) is 12.0 Å². The molecule has 2 heterocycles. The van der Waals surface area contributed by atoms with Gasteiger partial charge in [0, 0.05) is 24.2 Å². The maximum absolute atomic E-state index is 11.8. The minimum absolute atomic E-state index is 0.145. The quantitative estimate of drug-likeness (QED) is 0.693. The predicted molar refractivity (Wildman–Crippen MR) is 112 cm³/mol. The van der Waals surface area contributed by atoms with E-state index in [0.717, 1.165) is 11.3 Å². The van der Waals surface area contributed by atoms with Crippen LogP contribution in [0.15, 0.2) is 54.6 Å². The molecule has 0 aliphatic carbocycles. The van der Waals surface area contributed by atoms with Crippen LogP contribution < -0.4 is 9.64 Å². The highest BCUT2D eigenvalue weighted by Crippen LogP contribution is 2.54. The molecule has 2 aliphatic heterocycles. The molecule has 0 aromatic heterocycles. The van der Waals surface area contributed by atoms with Crippen molar-refractivity contribution in [2.45, 2.75) is 44.8 Å². The summed E-state index contributed by atoms with van der Waals surface area (Å²) in [6, 6.07) is 16.6. The lowest BCUT2D eigenvalue weighted by Gasteiger charge is -2.47. The lowest BCUT2D eigenvalue weighted by molar-refractivity contribution is -0.143. The number of hydrogen-bond acceptors (Lipinski definition) is 4. The van der Waals surface area contributed by atoms with E-state index in [9.17, 15) is 4.79 Å². The fraction of sp³-hybridized carbons (Fsp3) is 0.375. The minimum Gasteiger partial charge on any atom is -0.466 e. The van der Waals surface area contributed by atoms with Crippen molar-refractivity contribution in [2.24, 2.45) is 0 Å². The van der Waals surface area contributed by atoms with Crippen LogP contribution in [0, 0.1) is 0 Å². The third kappa shape index (κ3) is 2.79. The van der Waals surface area contributed by atoms with Crippen molar-refractivity contribution >= 4 is 17.7 Å². The molecule has 0 radical (unpaired) electrons. The molecule has 0 saturated heterocycles. The Kier molecular flexibility index (Phi) is 4.66. The molecule has 0 bridgehead atoms. The number of nitrogens with zero attached hydrogens (tertiary/aromatic N) is 1. The Labute approximate surface area is 166 Å². The van der Waals surface area contributed by atoms with Crippen LogP contribution in [0.4, 0.5) is 5.69 Å². The molecular formula is C24H27NO3. The monoisotopic (exact) mass is 377 g/mol. The maximum Gasteiger partial charge on any atom is 0.305 e. The Balaban J connectivity index is 1.70. The summed E-state index contributed by atoms with van der Waals surface area (Å²) < 4.78 is 11.8. The van der Waals surface area contributed by atoms with Crippen LogP contribution in [0.2, 0.25) is 0 Å². The molecule has 0 saturated carbocycles. The highest BCUT2D eigenvalue weighted by Gasteiger charge is 2.58. The molecule has 4 heteroatoms. The first-order valence-corrected chi connectivity index (χ1v) is 9.99. The van der Waals surface area contributed by atoms with Gasteiger partial charge in [0.25, 0.3) is 0 Å². The number of para-hydroxylation sites is 2. The van der Waals surface area contributed by atoms with Gasteiger partial charge in [-0.25, -0.2) is 0 Å². The predicted octanol–water partition coefficient (Wildman–Crippen LogP) is 4.93. The summed E-state index contributed by atoms with van der Waals surface area (Å²) in [5, 5.41) is 0. The SMILES string of the molecule is CCOC(=O)CCCN1c2ccccc2C(C)(C)C12C=Cc1ccccc1O2. The van der Waals surface area contributed by atoms with E-state index < -0.39 is 5.72 Å². The van der Waals surface area contributed by atoms with Crippen molar-refractivity contribution in [3.63, 3.8) is 0 Å². The first-order valence-electron chi connectivity index (χ1n) is 9.99. The number of hydrogen-bond donors (Lipinski definition) is 0. The molecule has 1 unspecified atom stereocenters. The Morgan fingerprint density at radius 2 is 1.86 bits per heavy atom. The van der Waals surface area contributed by atoms with Gasteiger partial charge in [-0.05, 0) is 57.0 Å². The summed E-state index contributed by atoms with van der Waals surface area (Å²) in [6.07, 6.45) is 5.46. The molecule has 2 aliphatic rings. The smallest absolute Gasteiger partial charge is 0.305 e. The second-order valence-electron chi connectivity index (χ2n) is 7.87. The molecule has 1 atom stereocenters. The van der Waals surface area contributed by atoms with Crippen LogP contribution >= 0.6 is 0 Å². The van der Waals surface area contributed by atoms with E-state index >= 15 is 0 Å². The van der Waals surface area contributed by atoms with Crippen molar-refractivity contribution in [1.29, 1.82) is 0 Å². The normalized spacial score (nSPS) is 21.2. The van der Waals surface area contributed by atoms with Crippen molar-refractivity contribution in [3.05, 3.63) is 65.7 Å². The number of fused-ring (bicyclic) bond motifs is 2. The van der Waals surface area contributed by atoms with Gasteiger partial charge in [0.2, 0.25) is 5.72 Å². The van der Waals surface area contributed by atoms with Crippen LogP contribution in [0.5, 0.6) is 5.75 Å². The van der Waals surface area contributed by atoms with Gasteiger partial charge in [-0.1, -0.05) is 36.4 Å². The van der Waals surface area contributed by atoms with Crippen LogP contribution in [0.1, 0.15) is 44.7 Å². The lowest BCUT2D eigenvalue weighted by atomic mass is 9.76. The van der Waals surface area contributed by atoms with Crippen LogP contribution in [0.25, 0.3) is 6.08 Å². The molecule has 0 fully saturated rings. The Morgan fingerprint density at radius 1 is 1.11 bits per heavy atom. The van der Waals surface area contributed by atoms with E-state index in [1.165, 1.54) is 11.3 Å². The van der Waals surface area contributed by atoms with E-state index in [2.05, 4.69) is 61.2 Å². The summed E-state index contributed by atoms with van der Waals surface area (Å²) >= 11 is 0. The van der Waals surface area contributed by atoms with Gasteiger partial charge >= 0.3 is 5.97 Å². The van der Waals surface area contributed by atoms with E-state index in [1.807, 2.05) is 25.1 Å². The average Bonchev–Trinajstić information content (AvgIpc) is 2.87. The van der Waals surface area contributed by atoms with E-state index in [0.29, 0.717) is 26.0 Å². The largest absolute Gasteiger partial charge is 0.466 e. The van der Waals surface area contributed by atoms with Crippen molar-refractivity contribution < 1.29 is 14.3 Å². The first kappa shape index (κ1) is 18.6. The van der Waals surface area contributed by atoms with Gasteiger partial charge in [-0.15, -0.1) is 0 Å². The molecule has 4 nitrogen and oxygen atoms in total. The number of anilines is 1. The lowest BCUT2D eigenvalue weighted by Crippen LogP contribution is -2.59. The maximum atomic E-state index is 11.8. The molecule has 0 amide bonds. The molecule has 2 aromatic carbocycles. The van der Waals surface area contributed by atoms with Gasteiger partial charge in [0.15, 0.2) is 0 Å². The topological polar surface area (TPSA) is 38.8 Å². The zero-order chi connectivity index (χ0) is 19.8. The third-order valence-corrected chi connectivity index (χ3v) is 5.91. The van der Waals surface area contributed by atoms with Gasteiger partial charge in [-0.2, -0.15) is 0 Å². The second-order valence-corrected chi connectivity index (χ2v) is 7.87. The average molecular weight is 377 g/mol. The van der Waals surface area contributed by atoms with Crippen LogP contribution in [-0.4, -0.2) is 24.8 Å². The Bertz CT molecular complexity index is 918. The van der Waals surface area contributed by atoms with Gasteiger partial charge < -0.3 is 14.4 Å². The van der Waals surface area contributed by atoms with Gasteiger partial charge in [-0.3, -0.25) is 4.79 Å². The Morgan fingerprint density at radius 3 is 2.68 bits per heavy atom. The van der Waals surface area contributed by atoms with Crippen LogP contribution in [0.3, 0.4) is 0 Å². The van der Waals surface area contributed by atoms with Crippen molar-refractivity contribution in [2.75, 3.05) is 18.1 Å². The number of carbonyl (C=O) groups excluding carboxylic acids is 1. The van der Waals surface area contributed by atoms with Gasteiger partial charge in [0.1, 0.15) is 5.75 Å². The third-order valence-electron chi connectivity index (χ3n) is 5.91. The molecule has 28 heavy (non-hydrogen) atoms. The molecule has 2 aromatic rings. The van der Waals surface area contributed by atoms with Crippen molar-refractivity contribution in [1.82, 2.24) is 0 Å². The number of esters is 1. The van der Waals surface area contributed by atoms with E-state index in [1.54, 1.807) is 0 Å². The number of carbonyl (C=O) groups is 1. The number of rotatable bonds is 5. The zero-order valence-electron chi connectivity index (χ0n) is 16.8. The fourth-order valence-corrected chi connectivity index (χ4v) is 4.44. The summed E-state index contributed by atoms with van der Waals surface area (Å²) in [5.74, 6) is 0.745. The zero-order valence-corrected chi connectivity index (χ0v) is 16.8. The summed E-state index contributed by atoms with van der Waals surface area (Å²) in [4.78, 5) is 14.1. The minimum atomic E-state index is -0.625. The summed E-state index contributed by atoms with van der Waals surface area (Å²) in [7, 11) is 0. The summed E-state index contributed by atoms with van der Waals surface area (Å²) in [5.41, 5.74) is 2.64. The van der Waals surface area contributed by atoms with E-state index in [4.69, 9.17) is 9.47 Å². The fourth-order valence-electron chi connectivity index (χ4n) is 4.44. The molecular weight excluding hydrogens is 350 g/mol. The standard InChI is InChI=1S/C24H27NO3/c1-4-27-22(26)14-9-17-25-20-12-7-6-11-19(20)23(2,3)24(25)16-15-18-10-5-8-13-21(18)28-24/h5-8,10-13,15-16H,4,9,14,17H2,1-3H3.